The molecule has 0 aromatic heterocycles. The van der Waals surface area contributed by atoms with Gasteiger partial charge in [0.05, 0.1) is 18.2 Å². The number of rotatable bonds is 7. The average Bonchev–Trinajstić information content (AvgIpc) is 2.73. The predicted octanol–water partition coefficient (Wildman–Crippen LogP) is 1.92. The van der Waals surface area contributed by atoms with Crippen LogP contribution in [0.2, 0.25) is 0 Å². The Morgan fingerprint density at radius 1 is 1.10 bits per heavy atom. The molecule has 166 valence electrons. The Balaban J connectivity index is 0.000000703. The molecule has 0 heterocycles. The predicted molar refractivity (Wildman–Crippen MR) is 110 cm³/mol. The monoisotopic (exact) mass is 432 g/mol. The Labute approximate surface area is 179 Å². The van der Waals surface area contributed by atoms with Crippen molar-refractivity contribution in [2.45, 2.75) is 25.0 Å². The van der Waals surface area contributed by atoms with Gasteiger partial charge in [-0.1, -0.05) is 18.2 Å². The molecule has 0 bridgehead atoms. The number of benzene rings is 2. The van der Waals surface area contributed by atoms with Gasteiger partial charge >= 0.3 is 11.9 Å². The summed E-state index contributed by atoms with van der Waals surface area (Å²) in [5, 5.41) is 45.1. The molecular weight excluding hydrogens is 407 g/mol. The zero-order valence-corrected chi connectivity index (χ0v) is 17.2. The number of aliphatic carboxylic acids is 2. The van der Waals surface area contributed by atoms with Gasteiger partial charge in [0, 0.05) is 0 Å². The second-order valence-corrected chi connectivity index (χ2v) is 7.03. The molecule has 4 N–H and O–H groups in total. The summed E-state index contributed by atoms with van der Waals surface area (Å²) in [7, 11) is 3.91. The summed E-state index contributed by atoms with van der Waals surface area (Å²) in [5.41, 5.74) is 0.653. The molecule has 0 aliphatic heterocycles. The summed E-state index contributed by atoms with van der Waals surface area (Å²) in [4.78, 5) is 20.2. The molecule has 2 aromatic rings. The van der Waals surface area contributed by atoms with E-state index < -0.39 is 17.5 Å². The van der Waals surface area contributed by atoms with Crippen molar-refractivity contribution in [2.75, 3.05) is 20.6 Å². The summed E-state index contributed by atoms with van der Waals surface area (Å²) in [6, 6.07) is 12.7. The molecule has 0 aliphatic carbocycles. The lowest BCUT2D eigenvalue weighted by atomic mass is 9.80. The van der Waals surface area contributed by atoms with Crippen molar-refractivity contribution >= 4 is 11.9 Å². The van der Waals surface area contributed by atoms with Gasteiger partial charge in [-0.2, -0.15) is 5.26 Å². The lowest BCUT2D eigenvalue weighted by Crippen LogP contribution is -2.30. The number of nitriles is 1. The topological polar surface area (TPSA) is 142 Å². The molecule has 0 fully saturated rings. The van der Waals surface area contributed by atoms with Gasteiger partial charge in [0.1, 0.15) is 11.4 Å². The SMILES string of the molecule is CN(C)CCCC(O)(c1ccc(F)cc1)c1ccc(C#N)cc1CO.O=C(O)C(=O)O. The van der Waals surface area contributed by atoms with Crippen molar-refractivity contribution in [1.29, 1.82) is 5.26 Å². The number of hydrogen-bond donors (Lipinski definition) is 4. The highest BCUT2D eigenvalue weighted by molar-refractivity contribution is 6.27. The van der Waals surface area contributed by atoms with Crippen molar-refractivity contribution in [3.8, 4) is 6.07 Å². The minimum Gasteiger partial charge on any atom is -0.473 e. The first kappa shape index (κ1) is 25.7. The number of halogens is 1. The van der Waals surface area contributed by atoms with Crippen LogP contribution in [0.4, 0.5) is 4.39 Å². The number of carboxylic acid groups (broad SMARTS) is 2. The zero-order chi connectivity index (χ0) is 23.6. The molecular formula is C22H25FN2O6. The highest BCUT2D eigenvalue weighted by atomic mass is 19.1. The molecule has 0 spiro atoms. The summed E-state index contributed by atoms with van der Waals surface area (Å²) >= 11 is 0. The van der Waals surface area contributed by atoms with Crippen molar-refractivity contribution in [2.24, 2.45) is 0 Å². The maximum absolute atomic E-state index is 13.3. The molecule has 0 aliphatic rings. The van der Waals surface area contributed by atoms with Gasteiger partial charge in [-0.15, -0.1) is 0 Å². The molecule has 1 unspecified atom stereocenters. The normalized spacial score (nSPS) is 12.3. The van der Waals surface area contributed by atoms with Gasteiger partial charge in [0.2, 0.25) is 0 Å². The largest absolute Gasteiger partial charge is 0.473 e. The maximum atomic E-state index is 13.3. The fraction of sp³-hybridized carbons (Fsp3) is 0.318. The summed E-state index contributed by atoms with van der Waals surface area (Å²) in [6.45, 7) is 0.496. The van der Waals surface area contributed by atoms with Gasteiger partial charge in [0.15, 0.2) is 0 Å². The quantitative estimate of drug-likeness (QED) is 0.486. The van der Waals surface area contributed by atoms with E-state index in [1.807, 2.05) is 25.1 Å². The molecule has 0 radical (unpaired) electrons. The minimum absolute atomic E-state index is 0.290. The van der Waals surface area contributed by atoms with E-state index in [2.05, 4.69) is 0 Å². The van der Waals surface area contributed by atoms with Crippen LogP contribution in [-0.4, -0.2) is 57.9 Å². The third-order valence-electron chi connectivity index (χ3n) is 4.50. The lowest BCUT2D eigenvalue weighted by Gasteiger charge is -2.32. The van der Waals surface area contributed by atoms with E-state index in [0.29, 0.717) is 35.1 Å². The van der Waals surface area contributed by atoms with Gasteiger partial charge in [-0.05, 0) is 74.4 Å². The van der Waals surface area contributed by atoms with Crippen LogP contribution in [0.5, 0.6) is 0 Å². The highest BCUT2D eigenvalue weighted by Crippen LogP contribution is 2.36. The first-order valence-corrected chi connectivity index (χ1v) is 9.29. The fourth-order valence-electron chi connectivity index (χ4n) is 3.01. The summed E-state index contributed by atoms with van der Waals surface area (Å²) in [5.74, 6) is -4.02. The average molecular weight is 432 g/mol. The molecule has 9 heteroatoms. The molecule has 2 aromatic carbocycles. The van der Waals surface area contributed by atoms with Crippen molar-refractivity contribution < 1.29 is 34.4 Å². The number of nitrogens with zero attached hydrogens (tertiary/aromatic N) is 2. The van der Waals surface area contributed by atoms with Crippen LogP contribution < -0.4 is 0 Å². The summed E-state index contributed by atoms with van der Waals surface area (Å²) in [6.07, 6.45) is 1.13. The van der Waals surface area contributed by atoms with Crippen LogP contribution in [0.25, 0.3) is 0 Å². The van der Waals surface area contributed by atoms with E-state index in [4.69, 9.17) is 25.1 Å². The molecule has 31 heavy (non-hydrogen) atoms. The van der Waals surface area contributed by atoms with E-state index >= 15 is 0 Å². The van der Waals surface area contributed by atoms with E-state index in [-0.39, 0.29) is 12.4 Å². The third-order valence-corrected chi connectivity index (χ3v) is 4.50. The van der Waals surface area contributed by atoms with E-state index in [0.717, 1.165) is 6.54 Å². The van der Waals surface area contributed by atoms with E-state index in [1.165, 1.54) is 12.1 Å². The molecule has 1 atom stereocenters. The smallest absolute Gasteiger partial charge is 0.414 e. The Hall–Kier alpha value is -3.32. The van der Waals surface area contributed by atoms with Crippen molar-refractivity contribution in [3.05, 3.63) is 70.5 Å². The van der Waals surface area contributed by atoms with Gasteiger partial charge in [-0.25, -0.2) is 14.0 Å². The van der Waals surface area contributed by atoms with Crippen LogP contribution >= 0.6 is 0 Å². The van der Waals surface area contributed by atoms with Crippen molar-refractivity contribution in [3.63, 3.8) is 0 Å². The zero-order valence-electron chi connectivity index (χ0n) is 17.2. The van der Waals surface area contributed by atoms with Crippen LogP contribution in [0.1, 0.15) is 35.1 Å². The molecule has 2 rings (SSSR count). The van der Waals surface area contributed by atoms with Crippen LogP contribution in [-0.2, 0) is 21.8 Å². The van der Waals surface area contributed by atoms with Crippen LogP contribution in [0, 0.1) is 17.1 Å². The molecule has 0 saturated carbocycles. The number of carbonyl (C=O) groups is 2. The van der Waals surface area contributed by atoms with Crippen LogP contribution in [0.3, 0.4) is 0 Å². The van der Waals surface area contributed by atoms with Crippen molar-refractivity contribution in [1.82, 2.24) is 4.90 Å². The van der Waals surface area contributed by atoms with Gasteiger partial charge in [-0.3, -0.25) is 0 Å². The fourth-order valence-corrected chi connectivity index (χ4v) is 3.01. The number of aliphatic hydroxyl groups excluding tert-OH is 1. The van der Waals surface area contributed by atoms with Gasteiger partial charge in [0.25, 0.3) is 0 Å². The Morgan fingerprint density at radius 3 is 2.13 bits per heavy atom. The van der Waals surface area contributed by atoms with E-state index in [1.54, 1.807) is 30.3 Å². The van der Waals surface area contributed by atoms with Crippen LogP contribution in [0.15, 0.2) is 42.5 Å². The molecule has 0 saturated heterocycles. The Bertz CT molecular complexity index is 928. The highest BCUT2D eigenvalue weighted by Gasteiger charge is 2.33. The number of hydrogen-bond acceptors (Lipinski definition) is 6. The Morgan fingerprint density at radius 2 is 1.68 bits per heavy atom. The lowest BCUT2D eigenvalue weighted by molar-refractivity contribution is -0.159. The molecule has 0 amide bonds. The Kier molecular flexibility index (Phi) is 9.76. The first-order chi connectivity index (χ1) is 14.5. The maximum Gasteiger partial charge on any atom is 0.414 e. The molecule has 8 nitrogen and oxygen atoms in total. The number of aliphatic hydroxyl groups is 2. The second kappa shape index (κ2) is 11.8. The number of carboxylic acids is 2. The first-order valence-electron chi connectivity index (χ1n) is 9.29. The standard InChI is InChI=1S/C20H23FN2O2.C2H2O4/c1-23(2)11-3-10-20(25,17-5-7-18(21)8-6-17)19-9-4-15(13-22)12-16(19)14-24;3-1(4)2(5)6/h4-9,12,24-25H,3,10-11,14H2,1-2H3;(H,3,4)(H,5,6). The minimum atomic E-state index is -1.82. The third kappa shape index (κ3) is 7.46. The van der Waals surface area contributed by atoms with Gasteiger partial charge < -0.3 is 25.3 Å². The summed E-state index contributed by atoms with van der Waals surface area (Å²) < 4.78 is 13.3. The second-order valence-electron chi connectivity index (χ2n) is 7.03. The van der Waals surface area contributed by atoms with E-state index in [9.17, 15) is 14.6 Å².